The number of benzene rings is 2. The first-order valence-corrected chi connectivity index (χ1v) is 11.1. The fourth-order valence-corrected chi connectivity index (χ4v) is 5.13. The number of rotatable bonds is 4. The number of amides is 1. The second-order valence-corrected chi connectivity index (χ2v) is 9.01. The van der Waals surface area contributed by atoms with Crippen LogP contribution in [0.2, 0.25) is 0 Å². The third kappa shape index (κ3) is 3.72. The van der Waals surface area contributed by atoms with Crippen LogP contribution in [0.15, 0.2) is 42.5 Å². The van der Waals surface area contributed by atoms with Crippen LogP contribution in [0.3, 0.4) is 0 Å². The van der Waals surface area contributed by atoms with Crippen molar-refractivity contribution in [2.45, 2.75) is 45.6 Å². The van der Waals surface area contributed by atoms with Crippen LogP contribution in [-0.4, -0.2) is 28.9 Å². The van der Waals surface area contributed by atoms with Crippen molar-refractivity contribution in [3.63, 3.8) is 0 Å². The van der Waals surface area contributed by atoms with E-state index in [9.17, 15) is 4.79 Å². The molecule has 1 aromatic heterocycles. The topological polar surface area (TPSA) is 59.2 Å². The lowest BCUT2D eigenvalue weighted by molar-refractivity contribution is -0.123. The lowest BCUT2D eigenvalue weighted by Gasteiger charge is -2.31. The maximum absolute atomic E-state index is 11.7. The Kier molecular flexibility index (Phi) is 5.03. The average molecular weight is 400 g/mol. The number of pyridine rings is 1. The molecular formula is C26H29N3O. The molecule has 0 spiro atoms. The number of aryl methyl sites for hydroxylation is 3. The summed E-state index contributed by atoms with van der Waals surface area (Å²) in [5.41, 5.74) is 14.3. The number of fused-ring (bicyclic) bond motifs is 2. The lowest BCUT2D eigenvalue weighted by atomic mass is 9.95. The summed E-state index contributed by atoms with van der Waals surface area (Å²) in [6.45, 7) is 4.66. The predicted octanol–water partition coefficient (Wildman–Crippen LogP) is 4.40. The summed E-state index contributed by atoms with van der Waals surface area (Å²) in [4.78, 5) is 19.3. The minimum absolute atomic E-state index is 0.0437. The van der Waals surface area contributed by atoms with E-state index in [4.69, 9.17) is 10.7 Å². The van der Waals surface area contributed by atoms with Crippen molar-refractivity contribution in [2.75, 3.05) is 13.1 Å². The Morgan fingerprint density at radius 2 is 1.97 bits per heavy atom. The molecule has 1 saturated heterocycles. The third-order valence-corrected chi connectivity index (χ3v) is 6.70. The second kappa shape index (κ2) is 7.84. The number of piperidine rings is 1. The highest BCUT2D eigenvalue weighted by Crippen LogP contribution is 2.32. The Hall–Kier alpha value is -2.72. The van der Waals surface area contributed by atoms with E-state index in [1.54, 1.807) is 0 Å². The Morgan fingerprint density at radius 1 is 1.13 bits per heavy atom. The van der Waals surface area contributed by atoms with Gasteiger partial charge in [-0.2, -0.15) is 0 Å². The fourth-order valence-electron chi connectivity index (χ4n) is 5.13. The minimum atomic E-state index is -0.175. The number of hydrogen-bond donors (Lipinski definition) is 1. The average Bonchev–Trinajstić information content (AvgIpc) is 3.19. The van der Waals surface area contributed by atoms with Gasteiger partial charge in [-0.1, -0.05) is 23.8 Å². The number of nitrogens with two attached hydrogens (primary N) is 1. The van der Waals surface area contributed by atoms with Crippen LogP contribution in [-0.2, 0) is 24.2 Å². The van der Waals surface area contributed by atoms with E-state index in [-0.39, 0.29) is 11.8 Å². The number of hydrogen-bond acceptors (Lipinski definition) is 3. The molecule has 0 unspecified atom stereocenters. The molecule has 0 radical (unpaired) electrons. The van der Waals surface area contributed by atoms with E-state index >= 15 is 0 Å². The molecule has 154 valence electrons. The van der Waals surface area contributed by atoms with Gasteiger partial charge < -0.3 is 5.73 Å². The van der Waals surface area contributed by atoms with E-state index in [0.29, 0.717) is 0 Å². The number of carbonyl (C=O) groups is 1. The van der Waals surface area contributed by atoms with Crippen molar-refractivity contribution in [2.24, 2.45) is 11.7 Å². The molecule has 2 heterocycles. The van der Waals surface area contributed by atoms with Crippen LogP contribution in [0.5, 0.6) is 0 Å². The zero-order chi connectivity index (χ0) is 20.7. The van der Waals surface area contributed by atoms with E-state index in [0.717, 1.165) is 55.7 Å². The Bertz CT molecular complexity index is 1120. The maximum atomic E-state index is 11.7. The third-order valence-electron chi connectivity index (χ3n) is 6.70. The van der Waals surface area contributed by atoms with Gasteiger partial charge in [-0.15, -0.1) is 0 Å². The molecule has 1 fully saturated rings. The maximum Gasteiger partial charge on any atom is 0.221 e. The molecule has 2 aliphatic rings. The van der Waals surface area contributed by atoms with Crippen molar-refractivity contribution in [1.29, 1.82) is 0 Å². The van der Waals surface area contributed by atoms with Gasteiger partial charge in [0.05, 0.1) is 17.1 Å². The summed E-state index contributed by atoms with van der Waals surface area (Å²) in [5.74, 6) is -0.219. The molecule has 1 amide bonds. The number of aromatic nitrogens is 1. The van der Waals surface area contributed by atoms with E-state index in [1.165, 1.54) is 40.5 Å². The van der Waals surface area contributed by atoms with Gasteiger partial charge >= 0.3 is 0 Å². The highest BCUT2D eigenvalue weighted by Gasteiger charge is 2.25. The smallest absolute Gasteiger partial charge is 0.221 e. The molecule has 2 aromatic carbocycles. The molecule has 4 heteroatoms. The highest BCUT2D eigenvalue weighted by atomic mass is 16.1. The molecule has 0 bridgehead atoms. The summed E-state index contributed by atoms with van der Waals surface area (Å²) in [6.07, 6.45) is 5.50. The van der Waals surface area contributed by atoms with Crippen LogP contribution in [0, 0.1) is 12.8 Å². The molecule has 2 N–H and O–H groups in total. The first-order valence-electron chi connectivity index (χ1n) is 11.1. The van der Waals surface area contributed by atoms with E-state index in [1.807, 2.05) is 0 Å². The normalized spacial score (nSPS) is 19.2. The van der Waals surface area contributed by atoms with Crippen LogP contribution >= 0.6 is 0 Å². The minimum Gasteiger partial charge on any atom is -0.369 e. The number of likely N-dealkylation sites (tertiary alicyclic amines) is 1. The second-order valence-electron chi connectivity index (χ2n) is 9.01. The van der Waals surface area contributed by atoms with Gasteiger partial charge in [0.1, 0.15) is 0 Å². The van der Waals surface area contributed by atoms with Crippen molar-refractivity contribution in [3.8, 4) is 11.3 Å². The molecule has 1 atom stereocenters. The van der Waals surface area contributed by atoms with Gasteiger partial charge in [0.2, 0.25) is 5.91 Å². The van der Waals surface area contributed by atoms with Crippen LogP contribution in [0.25, 0.3) is 22.2 Å². The Balaban J connectivity index is 1.58. The summed E-state index contributed by atoms with van der Waals surface area (Å²) < 4.78 is 0. The number of primary amides is 1. The van der Waals surface area contributed by atoms with Crippen LogP contribution in [0.1, 0.15) is 41.5 Å². The monoisotopic (exact) mass is 399 g/mol. The largest absolute Gasteiger partial charge is 0.369 e. The summed E-state index contributed by atoms with van der Waals surface area (Å²) in [5, 5.41) is 1.23. The van der Waals surface area contributed by atoms with Gasteiger partial charge in [-0.3, -0.25) is 9.69 Å². The summed E-state index contributed by atoms with van der Waals surface area (Å²) in [6, 6.07) is 15.6. The Labute approximate surface area is 178 Å². The molecule has 4 nitrogen and oxygen atoms in total. The SMILES string of the molecule is Cc1cccc(-c2nc3cc4c(cc3cc2CN2CCC[C@@H](C(N)=O)C2)CCC4)c1. The van der Waals surface area contributed by atoms with Gasteiger partial charge in [-0.25, -0.2) is 4.98 Å². The molecule has 1 aliphatic heterocycles. The van der Waals surface area contributed by atoms with E-state index < -0.39 is 0 Å². The van der Waals surface area contributed by atoms with Crippen molar-refractivity contribution < 1.29 is 4.79 Å². The molecule has 3 aromatic rings. The zero-order valence-electron chi connectivity index (χ0n) is 17.7. The highest BCUT2D eigenvalue weighted by molar-refractivity contribution is 5.85. The molecular weight excluding hydrogens is 370 g/mol. The van der Waals surface area contributed by atoms with Gasteiger partial charge in [0, 0.05) is 24.0 Å². The summed E-state index contributed by atoms with van der Waals surface area (Å²) in [7, 11) is 0. The van der Waals surface area contributed by atoms with Gasteiger partial charge in [0.25, 0.3) is 0 Å². The zero-order valence-corrected chi connectivity index (χ0v) is 17.7. The lowest BCUT2D eigenvalue weighted by Crippen LogP contribution is -2.40. The van der Waals surface area contributed by atoms with Crippen molar-refractivity contribution in [1.82, 2.24) is 9.88 Å². The van der Waals surface area contributed by atoms with Gasteiger partial charge in [0.15, 0.2) is 0 Å². The molecule has 30 heavy (non-hydrogen) atoms. The van der Waals surface area contributed by atoms with E-state index in [2.05, 4.69) is 54.3 Å². The summed E-state index contributed by atoms with van der Waals surface area (Å²) >= 11 is 0. The Morgan fingerprint density at radius 3 is 2.77 bits per heavy atom. The quantitative estimate of drug-likeness (QED) is 0.708. The van der Waals surface area contributed by atoms with Crippen LogP contribution < -0.4 is 5.73 Å². The number of carbonyl (C=O) groups excluding carboxylic acids is 1. The molecule has 1 aliphatic carbocycles. The first kappa shape index (κ1) is 19.3. The number of nitrogens with zero attached hydrogens (tertiary/aromatic N) is 2. The van der Waals surface area contributed by atoms with Crippen LogP contribution in [0.4, 0.5) is 0 Å². The van der Waals surface area contributed by atoms with Crippen molar-refractivity contribution >= 4 is 16.8 Å². The van der Waals surface area contributed by atoms with Gasteiger partial charge in [-0.05, 0) is 86.5 Å². The first-order chi connectivity index (χ1) is 14.6. The standard InChI is InChI=1S/C26H29N3O/c1-17-5-2-8-20(11-17)25-23(16-29-10-4-9-21(15-29)26(27)30)13-22-12-18-6-3-7-19(18)14-24(22)28-25/h2,5,8,11-14,21H,3-4,6-7,9-10,15-16H2,1H3,(H2,27,30)/t21-/m1/s1. The molecule has 5 rings (SSSR count). The van der Waals surface area contributed by atoms with Crippen molar-refractivity contribution in [3.05, 3.63) is 64.7 Å². The molecule has 0 saturated carbocycles. The predicted molar refractivity (Wildman–Crippen MR) is 121 cm³/mol. The fraction of sp³-hybridized carbons (Fsp3) is 0.385.